The van der Waals surface area contributed by atoms with Crippen molar-refractivity contribution in [1.82, 2.24) is 4.72 Å². The third-order valence-corrected chi connectivity index (χ3v) is 5.90. The zero-order chi connectivity index (χ0) is 16.9. The molecule has 0 aliphatic carbocycles. The molecule has 0 saturated carbocycles. The highest BCUT2D eigenvalue weighted by atomic mass is 79.9. The number of carbonyl (C=O) groups excluding carboxylic acids is 1. The molecule has 128 valence electrons. The van der Waals surface area contributed by atoms with Gasteiger partial charge < -0.3 is 9.47 Å². The SMILES string of the molecule is C[C@@H](OC[C@@H]1CCCCO1)C(=O)NS(=O)(=O)c1ccccc1Br. The van der Waals surface area contributed by atoms with Crippen LogP contribution in [0, 0.1) is 0 Å². The molecule has 2 rings (SSSR count). The summed E-state index contributed by atoms with van der Waals surface area (Å²) in [6, 6.07) is 6.30. The maximum absolute atomic E-state index is 12.2. The van der Waals surface area contributed by atoms with Crippen LogP contribution in [0.4, 0.5) is 0 Å². The van der Waals surface area contributed by atoms with E-state index in [9.17, 15) is 13.2 Å². The molecule has 8 heteroatoms. The highest BCUT2D eigenvalue weighted by Gasteiger charge is 2.25. The minimum atomic E-state index is -3.94. The van der Waals surface area contributed by atoms with Crippen LogP contribution in [0.15, 0.2) is 33.6 Å². The molecule has 6 nitrogen and oxygen atoms in total. The summed E-state index contributed by atoms with van der Waals surface area (Å²) in [6.45, 7) is 2.50. The summed E-state index contributed by atoms with van der Waals surface area (Å²) in [5.74, 6) is -0.698. The molecule has 1 aliphatic heterocycles. The van der Waals surface area contributed by atoms with Crippen LogP contribution in [0.2, 0.25) is 0 Å². The quantitative estimate of drug-likeness (QED) is 0.784. The molecule has 0 unspecified atom stereocenters. The monoisotopic (exact) mass is 405 g/mol. The Morgan fingerprint density at radius 2 is 2.17 bits per heavy atom. The highest BCUT2D eigenvalue weighted by molar-refractivity contribution is 9.10. The van der Waals surface area contributed by atoms with E-state index in [-0.39, 0.29) is 17.6 Å². The van der Waals surface area contributed by atoms with Gasteiger partial charge in [0.1, 0.15) is 11.0 Å². The Kier molecular flexibility index (Phi) is 6.58. The van der Waals surface area contributed by atoms with Crippen LogP contribution in [0.25, 0.3) is 0 Å². The topological polar surface area (TPSA) is 81.7 Å². The number of amides is 1. The lowest BCUT2D eigenvalue weighted by molar-refractivity contribution is -0.133. The number of nitrogens with one attached hydrogen (secondary N) is 1. The summed E-state index contributed by atoms with van der Waals surface area (Å²) < 4.78 is 37.8. The van der Waals surface area contributed by atoms with E-state index in [1.54, 1.807) is 18.2 Å². The molecule has 1 saturated heterocycles. The molecule has 1 heterocycles. The van der Waals surface area contributed by atoms with Crippen LogP contribution in [0.1, 0.15) is 26.2 Å². The average molecular weight is 406 g/mol. The van der Waals surface area contributed by atoms with E-state index in [0.717, 1.165) is 19.3 Å². The predicted octanol–water partition coefficient (Wildman–Crippen LogP) is 2.23. The standard InChI is InChI=1S/C15H20BrNO5S/c1-11(22-10-12-6-4-5-9-21-12)15(18)17-23(19,20)14-8-3-2-7-13(14)16/h2-3,7-8,11-12H,4-6,9-10H2,1H3,(H,17,18)/t11-,12+/m1/s1. The molecule has 0 spiro atoms. The Morgan fingerprint density at radius 1 is 1.43 bits per heavy atom. The van der Waals surface area contributed by atoms with Gasteiger partial charge in [-0.15, -0.1) is 0 Å². The third kappa shape index (κ3) is 5.27. The van der Waals surface area contributed by atoms with Crippen molar-refractivity contribution >= 4 is 31.9 Å². The Hall–Kier alpha value is -0.960. The molecule has 1 aromatic carbocycles. The van der Waals surface area contributed by atoms with E-state index in [1.807, 2.05) is 4.72 Å². The van der Waals surface area contributed by atoms with Gasteiger partial charge in [0.2, 0.25) is 0 Å². The lowest BCUT2D eigenvalue weighted by Crippen LogP contribution is -2.40. The van der Waals surface area contributed by atoms with Gasteiger partial charge in [-0.1, -0.05) is 12.1 Å². The Morgan fingerprint density at radius 3 is 2.83 bits per heavy atom. The van der Waals surface area contributed by atoms with Crippen LogP contribution in [0.3, 0.4) is 0 Å². The normalized spacial score (nSPS) is 20.0. The number of carbonyl (C=O) groups is 1. The Balaban J connectivity index is 1.91. The molecule has 1 aliphatic rings. The van der Waals surface area contributed by atoms with Crippen molar-refractivity contribution in [2.24, 2.45) is 0 Å². The second kappa shape index (κ2) is 8.23. The minimum absolute atomic E-state index is 0.0103. The van der Waals surface area contributed by atoms with Crippen LogP contribution in [-0.4, -0.2) is 39.7 Å². The van der Waals surface area contributed by atoms with Crippen molar-refractivity contribution in [2.75, 3.05) is 13.2 Å². The molecule has 0 aromatic heterocycles. The fourth-order valence-electron chi connectivity index (χ4n) is 2.20. The number of hydrogen-bond donors (Lipinski definition) is 1. The van der Waals surface area contributed by atoms with Crippen molar-refractivity contribution < 1.29 is 22.7 Å². The van der Waals surface area contributed by atoms with Gasteiger partial charge in [-0.3, -0.25) is 4.79 Å². The Labute approximate surface area is 144 Å². The molecule has 0 bridgehead atoms. The number of hydrogen-bond acceptors (Lipinski definition) is 5. The summed E-state index contributed by atoms with van der Waals surface area (Å²) in [7, 11) is -3.94. The molecule has 2 atom stereocenters. The van der Waals surface area contributed by atoms with Crippen molar-refractivity contribution in [3.63, 3.8) is 0 Å². The van der Waals surface area contributed by atoms with E-state index in [1.165, 1.54) is 13.0 Å². The van der Waals surface area contributed by atoms with E-state index >= 15 is 0 Å². The Bertz CT molecular complexity index is 643. The van der Waals surface area contributed by atoms with Gasteiger partial charge in [0, 0.05) is 11.1 Å². The second-order valence-corrected chi connectivity index (χ2v) is 7.87. The maximum atomic E-state index is 12.2. The maximum Gasteiger partial charge on any atom is 0.265 e. The summed E-state index contributed by atoms with van der Waals surface area (Å²) in [6.07, 6.45) is 2.10. The van der Waals surface area contributed by atoms with E-state index < -0.39 is 22.0 Å². The van der Waals surface area contributed by atoms with E-state index in [0.29, 0.717) is 11.1 Å². The molecule has 1 aromatic rings. The van der Waals surface area contributed by atoms with Crippen LogP contribution in [-0.2, 0) is 24.3 Å². The molecule has 0 radical (unpaired) electrons. The van der Waals surface area contributed by atoms with Gasteiger partial charge in [-0.25, -0.2) is 13.1 Å². The minimum Gasteiger partial charge on any atom is -0.376 e. The molecule has 1 N–H and O–H groups in total. The first-order valence-corrected chi connectivity index (χ1v) is 9.72. The van der Waals surface area contributed by atoms with Crippen molar-refractivity contribution in [3.05, 3.63) is 28.7 Å². The second-order valence-electron chi connectivity index (χ2n) is 5.36. The third-order valence-electron chi connectivity index (χ3n) is 3.54. The summed E-state index contributed by atoms with van der Waals surface area (Å²) in [5.41, 5.74) is 0. The number of ether oxygens (including phenoxy) is 2. The molecule has 23 heavy (non-hydrogen) atoms. The molecule has 1 amide bonds. The first-order valence-electron chi connectivity index (χ1n) is 7.44. The van der Waals surface area contributed by atoms with Crippen molar-refractivity contribution in [1.29, 1.82) is 0 Å². The van der Waals surface area contributed by atoms with Gasteiger partial charge in [-0.2, -0.15) is 0 Å². The summed E-state index contributed by atoms with van der Waals surface area (Å²) in [5, 5.41) is 0. The first kappa shape index (κ1) is 18.4. The number of sulfonamides is 1. The smallest absolute Gasteiger partial charge is 0.265 e. The zero-order valence-electron chi connectivity index (χ0n) is 12.8. The van der Waals surface area contributed by atoms with Gasteiger partial charge in [0.15, 0.2) is 0 Å². The number of rotatable bonds is 6. The summed E-state index contributed by atoms with van der Waals surface area (Å²) in [4.78, 5) is 12.1. The predicted molar refractivity (Wildman–Crippen MR) is 88.5 cm³/mol. The fourth-order valence-corrected chi connectivity index (χ4v) is 4.25. The zero-order valence-corrected chi connectivity index (χ0v) is 15.2. The highest BCUT2D eigenvalue weighted by Crippen LogP contribution is 2.21. The van der Waals surface area contributed by atoms with Crippen molar-refractivity contribution in [2.45, 2.75) is 43.3 Å². The van der Waals surface area contributed by atoms with Crippen LogP contribution >= 0.6 is 15.9 Å². The fraction of sp³-hybridized carbons (Fsp3) is 0.533. The van der Waals surface area contributed by atoms with Crippen LogP contribution in [0.5, 0.6) is 0 Å². The van der Waals surface area contributed by atoms with Gasteiger partial charge in [-0.05, 0) is 54.2 Å². The van der Waals surface area contributed by atoms with E-state index in [2.05, 4.69) is 15.9 Å². The summed E-state index contributed by atoms with van der Waals surface area (Å²) >= 11 is 3.16. The van der Waals surface area contributed by atoms with Crippen molar-refractivity contribution in [3.8, 4) is 0 Å². The molecular weight excluding hydrogens is 386 g/mol. The van der Waals surface area contributed by atoms with Gasteiger partial charge in [0.05, 0.1) is 12.7 Å². The average Bonchev–Trinajstić information content (AvgIpc) is 2.53. The first-order chi connectivity index (χ1) is 10.9. The van der Waals surface area contributed by atoms with Gasteiger partial charge >= 0.3 is 0 Å². The molecule has 1 fully saturated rings. The lowest BCUT2D eigenvalue weighted by Gasteiger charge is -2.23. The van der Waals surface area contributed by atoms with Crippen LogP contribution < -0.4 is 4.72 Å². The number of benzene rings is 1. The van der Waals surface area contributed by atoms with E-state index in [4.69, 9.17) is 9.47 Å². The lowest BCUT2D eigenvalue weighted by atomic mass is 10.1. The van der Waals surface area contributed by atoms with Gasteiger partial charge in [0.25, 0.3) is 15.9 Å². The number of halogens is 1. The largest absolute Gasteiger partial charge is 0.376 e. The molecular formula is C15H20BrNO5S.